The number of carbonyl (C=O) groups excluding carboxylic acids is 3. The second kappa shape index (κ2) is 10.7. The number of rotatable bonds is 9. The molecule has 36 heavy (non-hydrogen) atoms. The van der Waals surface area contributed by atoms with Crippen LogP contribution in [0.1, 0.15) is 60.7 Å². The zero-order valence-electron chi connectivity index (χ0n) is 21.5. The lowest BCUT2D eigenvalue weighted by Gasteiger charge is -2.19. The molecule has 0 aliphatic carbocycles. The molecular weight excluding hydrogens is 466 g/mol. The summed E-state index contributed by atoms with van der Waals surface area (Å²) >= 11 is 0. The minimum atomic E-state index is -0.632. The predicted molar refractivity (Wildman–Crippen MR) is 134 cm³/mol. The average molecular weight is 500 g/mol. The monoisotopic (exact) mass is 499 g/mol. The van der Waals surface area contributed by atoms with Crippen molar-refractivity contribution in [2.45, 2.75) is 53.2 Å². The van der Waals surface area contributed by atoms with Crippen molar-refractivity contribution in [3.8, 4) is 5.75 Å². The van der Waals surface area contributed by atoms with Gasteiger partial charge in [-0.25, -0.2) is 9.78 Å². The molecule has 3 amide bonds. The Morgan fingerprint density at radius 3 is 2.53 bits per heavy atom. The summed E-state index contributed by atoms with van der Waals surface area (Å²) in [5.74, 6) is -0.341. The van der Waals surface area contributed by atoms with E-state index in [2.05, 4.69) is 20.7 Å². The van der Waals surface area contributed by atoms with Crippen molar-refractivity contribution in [3.63, 3.8) is 0 Å². The molecule has 0 saturated carbocycles. The molecule has 0 bridgehead atoms. The molecule has 0 fully saturated rings. The van der Waals surface area contributed by atoms with Crippen LogP contribution in [0.3, 0.4) is 0 Å². The van der Waals surface area contributed by atoms with Gasteiger partial charge in [-0.05, 0) is 59.2 Å². The lowest BCUT2D eigenvalue weighted by atomic mass is 10.1. The quantitative estimate of drug-likeness (QED) is 0.382. The summed E-state index contributed by atoms with van der Waals surface area (Å²) in [4.78, 5) is 41.1. The number of fused-ring (bicyclic) bond motifs is 1. The Morgan fingerprint density at radius 2 is 1.89 bits per heavy atom. The minimum Gasteiger partial charge on any atom is -0.491 e. The van der Waals surface area contributed by atoms with Crippen LogP contribution in [0.2, 0.25) is 0 Å². The van der Waals surface area contributed by atoms with Gasteiger partial charge in [0, 0.05) is 25.7 Å². The minimum absolute atomic E-state index is 0.222. The number of nitrogens with zero attached hydrogens (tertiary/aromatic N) is 4. The summed E-state index contributed by atoms with van der Waals surface area (Å²) in [5.41, 5.74) is 7.30. The third-order valence-electron chi connectivity index (χ3n) is 5.13. The highest BCUT2D eigenvalue weighted by molar-refractivity contribution is 6.04. The lowest BCUT2D eigenvalue weighted by molar-refractivity contribution is 0.0525. The third-order valence-corrected chi connectivity index (χ3v) is 5.13. The van der Waals surface area contributed by atoms with E-state index in [9.17, 15) is 14.4 Å². The Bertz CT molecular complexity index is 1290. The second-order valence-electron chi connectivity index (χ2n) is 9.27. The van der Waals surface area contributed by atoms with E-state index in [1.54, 1.807) is 49.2 Å². The Morgan fingerprint density at radius 1 is 1.17 bits per heavy atom. The predicted octanol–water partition coefficient (Wildman–Crippen LogP) is 2.74. The Balaban J connectivity index is 1.77. The van der Waals surface area contributed by atoms with Gasteiger partial charge in [0.25, 0.3) is 5.91 Å². The van der Waals surface area contributed by atoms with Gasteiger partial charge in [0.2, 0.25) is 11.9 Å². The number of benzene rings is 1. The number of alkyl carbamates (subject to hydrolysis) is 1. The first kappa shape index (κ1) is 26.5. The maximum Gasteiger partial charge on any atom is 0.407 e. The molecule has 0 aliphatic heterocycles. The van der Waals surface area contributed by atoms with Gasteiger partial charge in [0.15, 0.2) is 0 Å². The molecule has 194 valence electrons. The zero-order valence-corrected chi connectivity index (χ0v) is 21.5. The van der Waals surface area contributed by atoms with Gasteiger partial charge >= 0.3 is 6.09 Å². The van der Waals surface area contributed by atoms with E-state index in [0.717, 1.165) is 5.69 Å². The number of ether oxygens (including phenoxy) is 2. The van der Waals surface area contributed by atoms with Crippen LogP contribution in [0.4, 0.5) is 10.7 Å². The first-order chi connectivity index (χ1) is 16.9. The zero-order chi connectivity index (χ0) is 26.6. The van der Waals surface area contributed by atoms with E-state index < -0.39 is 17.6 Å². The summed E-state index contributed by atoms with van der Waals surface area (Å²) in [5, 5.41) is 9.78. The van der Waals surface area contributed by atoms with Crippen molar-refractivity contribution in [2.24, 2.45) is 12.8 Å². The van der Waals surface area contributed by atoms with Gasteiger partial charge < -0.3 is 25.1 Å². The van der Waals surface area contributed by atoms with Crippen molar-refractivity contribution in [1.82, 2.24) is 24.6 Å². The highest BCUT2D eigenvalue weighted by Gasteiger charge is 2.20. The van der Waals surface area contributed by atoms with Gasteiger partial charge in [-0.15, -0.1) is 0 Å². The molecule has 4 N–H and O–H groups in total. The first-order valence-electron chi connectivity index (χ1n) is 11.6. The number of carbonyl (C=O) groups is 3. The number of nitrogens with one attached hydrogen (secondary N) is 2. The number of aromatic nitrogens is 4. The highest BCUT2D eigenvalue weighted by atomic mass is 16.6. The van der Waals surface area contributed by atoms with Crippen LogP contribution in [0, 0.1) is 6.92 Å². The topological polar surface area (TPSA) is 155 Å². The fourth-order valence-corrected chi connectivity index (χ4v) is 3.57. The van der Waals surface area contributed by atoms with Gasteiger partial charge in [0.05, 0.1) is 17.8 Å². The molecule has 3 rings (SSSR count). The van der Waals surface area contributed by atoms with Crippen molar-refractivity contribution >= 4 is 34.9 Å². The van der Waals surface area contributed by atoms with Crippen LogP contribution in [-0.4, -0.2) is 56.0 Å². The second-order valence-corrected chi connectivity index (χ2v) is 9.27. The van der Waals surface area contributed by atoms with Gasteiger partial charge in [0.1, 0.15) is 22.6 Å². The van der Waals surface area contributed by atoms with Crippen LogP contribution in [0.15, 0.2) is 18.2 Å². The van der Waals surface area contributed by atoms with E-state index in [1.165, 1.54) is 6.07 Å². The number of amides is 3. The average Bonchev–Trinajstić information content (AvgIpc) is 3.31. The maximum atomic E-state index is 12.9. The molecule has 0 aliphatic rings. The molecule has 2 aromatic heterocycles. The van der Waals surface area contributed by atoms with E-state index in [0.29, 0.717) is 42.0 Å². The lowest BCUT2D eigenvalue weighted by Crippen LogP contribution is -2.33. The van der Waals surface area contributed by atoms with E-state index in [-0.39, 0.29) is 24.0 Å². The van der Waals surface area contributed by atoms with Gasteiger partial charge in [-0.3, -0.25) is 19.6 Å². The number of nitrogens with two attached hydrogens (primary N) is 1. The summed E-state index contributed by atoms with van der Waals surface area (Å²) < 4.78 is 14.4. The summed E-state index contributed by atoms with van der Waals surface area (Å²) in [6.07, 6.45) is -0.0178. The Hall–Kier alpha value is -4.09. The van der Waals surface area contributed by atoms with Crippen molar-refractivity contribution in [1.29, 1.82) is 0 Å². The number of anilines is 1. The Labute approximate surface area is 209 Å². The van der Waals surface area contributed by atoms with Crippen molar-refractivity contribution in [2.75, 3.05) is 18.5 Å². The first-order valence-corrected chi connectivity index (χ1v) is 11.6. The highest BCUT2D eigenvalue weighted by Crippen LogP contribution is 2.30. The fraction of sp³-hybridized carbons (Fsp3) is 0.458. The molecule has 3 aromatic rings. The largest absolute Gasteiger partial charge is 0.491 e. The molecule has 1 aromatic carbocycles. The third kappa shape index (κ3) is 6.32. The molecule has 0 atom stereocenters. The molecule has 0 spiro atoms. The fourth-order valence-electron chi connectivity index (χ4n) is 3.57. The van der Waals surface area contributed by atoms with Crippen LogP contribution in [0.5, 0.6) is 5.75 Å². The normalized spacial score (nSPS) is 11.4. The van der Waals surface area contributed by atoms with Crippen LogP contribution >= 0.6 is 0 Å². The summed E-state index contributed by atoms with van der Waals surface area (Å²) in [6, 6.07) is 4.78. The van der Waals surface area contributed by atoms with Crippen LogP contribution in [0.25, 0.3) is 11.0 Å². The van der Waals surface area contributed by atoms with Gasteiger partial charge in [-0.1, -0.05) is 0 Å². The standard InChI is InChI=1S/C24H33N7O5/c1-7-31-17(11-14(2)29-31)21(33)28-22-27-16-12-15(20(25)32)13-18(19(16)30(22)6)35-10-8-9-26-23(34)36-24(3,4)5/h11-13H,7-10H2,1-6H3,(H2,25,32)(H,26,34)(H,27,28,33). The summed E-state index contributed by atoms with van der Waals surface area (Å²) in [7, 11) is 1.73. The maximum absolute atomic E-state index is 12.9. The number of imidazole rings is 1. The van der Waals surface area contributed by atoms with E-state index >= 15 is 0 Å². The SMILES string of the molecule is CCn1nc(C)cc1C(=O)Nc1nc2cc(C(N)=O)cc(OCCCNC(=O)OC(C)(C)C)c2n1C. The summed E-state index contributed by atoms with van der Waals surface area (Å²) in [6.45, 7) is 10.2. The molecule has 2 heterocycles. The smallest absolute Gasteiger partial charge is 0.407 e. The molecule has 12 heteroatoms. The Kier molecular flexibility index (Phi) is 7.86. The van der Waals surface area contributed by atoms with Crippen molar-refractivity contribution < 1.29 is 23.9 Å². The van der Waals surface area contributed by atoms with Crippen LogP contribution < -0.4 is 21.1 Å². The van der Waals surface area contributed by atoms with Crippen LogP contribution in [-0.2, 0) is 18.3 Å². The molecule has 0 saturated heterocycles. The number of primary amides is 1. The molecule has 0 radical (unpaired) electrons. The van der Waals surface area contributed by atoms with E-state index in [4.69, 9.17) is 15.2 Å². The molecular formula is C24H33N7O5. The molecule has 12 nitrogen and oxygen atoms in total. The number of hydrogen-bond donors (Lipinski definition) is 3. The van der Waals surface area contributed by atoms with Crippen molar-refractivity contribution in [3.05, 3.63) is 35.2 Å². The number of hydrogen-bond acceptors (Lipinski definition) is 7. The van der Waals surface area contributed by atoms with Gasteiger partial charge in [-0.2, -0.15) is 5.10 Å². The molecule has 0 unspecified atom stereocenters. The van der Waals surface area contributed by atoms with E-state index in [1.807, 2.05) is 13.8 Å². The number of aryl methyl sites for hydroxylation is 3.